The molecule has 268 valence electrons. The zero-order chi connectivity index (χ0) is 37.5. The molecule has 0 saturated carbocycles. The molecule has 6 nitrogen and oxygen atoms in total. The zero-order valence-corrected chi connectivity index (χ0v) is 31.3. The van der Waals surface area contributed by atoms with Crippen LogP contribution in [0.3, 0.4) is 0 Å². The van der Waals surface area contributed by atoms with Crippen LogP contribution in [-0.2, 0) is 0 Å². The molecule has 57 heavy (non-hydrogen) atoms. The number of aromatic nitrogens is 4. The number of hydrogen-bond acceptors (Lipinski definition) is 6. The summed E-state index contributed by atoms with van der Waals surface area (Å²) >= 11 is 1.77. The smallest absolute Gasteiger partial charge is 0.165 e. The van der Waals surface area contributed by atoms with E-state index in [1.165, 1.54) is 37.0 Å². The number of thiophene rings is 1. The fourth-order valence-electron chi connectivity index (χ4n) is 8.41. The molecule has 4 aromatic heterocycles. The van der Waals surface area contributed by atoms with Gasteiger partial charge in [0.15, 0.2) is 17.5 Å². The van der Waals surface area contributed by atoms with Gasteiger partial charge in [-0.25, -0.2) is 15.0 Å². The molecule has 0 spiro atoms. The second-order valence-electron chi connectivity index (χ2n) is 14.4. The molecule has 0 amide bonds. The van der Waals surface area contributed by atoms with Crippen LogP contribution in [0.4, 0.5) is 0 Å². The van der Waals surface area contributed by atoms with Crippen LogP contribution in [0.5, 0.6) is 0 Å². The highest BCUT2D eigenvalue weighted by atomic mass is 32.1. The molecule has 0 radical (unpaired) electrons. The number of benzene rings is 7. The molecule has 0 saturated heterocycles. The van der Waals surface area contributed by atoms with Crippen LogP contribution in [0.15, 0.2) is 162 Å². The van der Waals surface area contributed by atoms with Gasteiger partial charge in [-0.3, -0.25) is 0 Å². The van der Waals surface area contributed by atoms with Crippen LogP contribution in [0.1, 0.15) is 0 Å². The second-order valence-corrected chi connectivity index (χ2v) is 15.5. The third kappa shape index (κ3) is 5.13. The Bertz CT molecular complexity index is 3530. The highest BCUT2D eigenvalue weighted by Crippen LogP contribution is 2.39. The Hall–Kier alpha value is -7.35. The molecule has 1 aliphatic heterocycles. The fourth-order valence-corrected chi connectivity index (χ4v) is 9.62. The topological polar surface area (TPSA) is 68.8 Å². The van der Waals surface area contributed by atoms with Crippen molar-refractivity contribution in [2.24, 2.45) is 0 Å². The quantitative estimate of drug-likeness (QED) is 0.190. The van der Waals surface area contributed by atoms with Crippen LogP contribution >= 0.6 is 11.3 Å². The van der Waals surface area contributed by atoms with Crippen LogP contribution in [0.25, 0.3) is 117 Å². The van der Waals surface area contributed by atoms with E-state index in [9.17, 15) is 0 Å². The molecule has 7 aromatic carbocycles. The lowest BCUT2D eigenvalue weighted by molar-refractivity contribution is 0.669. The van der Waals surface area contributed by atoms with Crippen molar-refractivity contribution in [2.75, 3.05) is 6.54 Å². The molecule has 1 aliphatic rings. The summed E-state index contributed by atoms with van der Waals surface area (Å²) in [6.45, 7) is 0.771. The standard InChI is InChI=1S/C50H31N5OS/c1-3-11-30(12-4-1)32-19-21-36-35-15-7-9-17-42(35)55(43(36)26-32)34-27-40-38-23-24-51-29-46(38)57-47(40)41(28-34)50-53-48(31-13-5-2-6-14-31)52-49(54-50)33-20-22-45-39(25-33)37-16-8-10-18-44(37)56-45/h1-23,25-29,51H,24H2. The molecular formula is C50H31N5OS. The summed E-state index contributed by atoms with van der Waals surface area (Å²) in [7, 11) is 0. The van der Waals surface area contributed by atoms with Gasteiger partial charge in [0.05, 0.1) is 15.6 Å². The van der Waals surface area contributed by atoms with E-state index in [2.05, 4.69) is 131 Å². The maximum absolute atomic E-state index is 6.19. The number of fused-ring (bicyclic) bond motifs is 9. The summed E-state index contributed by atoms with van der Waals surface area (Å²) < 4.78 is 10.9. The summed E-state index contributed by atoms with van der Waals surface area (Å²) in [6, 6.07) is 55.3. The predicted molar refractivity (Wildman–Crippen MR) is 235 cm³/mol. The lowest BCUT2D eigenvalue weighted by Crippen LogP contribution is -2.28. The SMILES string of the molecule is C1=c2sc3c(-c4nc(-c5ccccc5)nc(-c5ccc6oc7ccccc7c6c5)n4)cc(-n4c5ccccc5c5ccc(-c6ccccc6)cc54)cc3c2=CCN1. The van der Waals surface area contributed by atoms with Gasteiger partial charge in [-0.05, 0) is 64.9 Å². The Balaban J connectivity index is 1.15. The van der Waals surface area contributed by atoms with E-state index < -0.39 is 0 Å². The summed E-state index contributed by atoms with van der Waals surface area (Å²) in [4.78, 5) is 15.7. The van der Waals surface area contributed by atoms with Crippen molar-refractivity contribution in [3.8, 4) is 51.0 Å². The van der Waals surface area contributed by atoms with Gasteiger partial charge in [-0.1, -0.05) is 115 Å². The van der Waals surface area contributed by atoms with Crippen molar-refractivity contribution in [1.29, 1.82) is 0 Å². The zero-order valence-electron chi connectivity index (χ0n) is 30.5. The average molecular weight is 750 g/mol. The van der Waals surface area contributed by atoms with Gasteiger partial charge in [0.1, 0.15) is 11.2 Å². The maximum atomic E-state index is 6.19. The van der Waals surface area contributed by atoms with Crippen molar-refractivity contribution < 1.29 is 4.42 Å². The van der Waals surface area contributed by atoms with E-state index >= 15 is 0 Å². The number of nitrogens with zero attached hydrogens (tertiary/aromatic N) is 4. The van der Waals surface area contributed by atoms with Gasteiger partial charge in [-0.2, -0.15) is 0 Å². The molecule has 5 heterocycles. The van der Waals surface area contributed by atoms with Crippen molar-refractivity contribution in [2.45, 2.75) is 0 Å². The normalized spacial score (nSPS) is 12.6. The monoisotopic (exact) mass is 749 g/mol. The molecule has 0 unspecified atom stereocenters. The average Bonchev–Trinajstić information content (AvgIpc) is 3.95. The van der Waals surface area contributed by atoms with Gasteiger partial charge in [0.2, 0.25) is 0 Å². The first-order chi connectivity index (χ1) is 28.2. The molecule has 0 atom stereocenters. The summed E-state index contributed by atoms with van der Waals surface area (Å²) in [5, 5.41) is 10.4. The Morgan fingerprint density at radius 3 is 2.05 bits per heavy atom. The minimum Gasteiger partial charge on any atom is -0.456 e. The van der Waals surface area contributed by atoms with Crippen LogP contribution in [0.2, 0.25) is 0 Å². The molecule has 0 fully saturated rings. The van der Waals surface area contributed by atoms with Gasteiger partial charge < -0.3 is 14.3 Å². The predicted octanol–water partition coefficient (Wildman–Crippen LogP) is 10.9. The van der Waals surface area contributed by atoms with Gasteiger partial charge >= 0.3 is 0 Å². The highest BCUT2D eigenvalue weighted by Gasteiger charge is 2.21. The Kier molecular flexibility index (Phi) is 7.06. The third-order valence-corrected chi connectivity index (χ3v) is 12.3. The van der Waals surface area contributed by atoms with E-state index in [-0.39, 0.29) is 0 Å². The van der Waals surface area contributed by atoms with Crippen molar-refractivity contribution in [1.82, 2.24) is 24.8 Å². The van der Waals surface area contributed by atoms with E-state index in [0.717, 1.165) is 66.6 Å². The molecular weight excluding hydrogens is 719 g/mol. The summed E-state index contributed by atoms with van der Waals surface area (Å²) in [6.07, 6.45) is 4.43. The Morgan fingerprint density at radius 2 is 1.19 bits per heavy atom. The van der Waals surface area contributed by atoms with Gasteiger partial charge in [0.25, 0.3) is 0 Å². The largest absolute Gasteiger partial charge is 0.456 e. The van der Waals surface area contributed by atoms with E-state index in [1.54, 1.807) is 11.3 Å². The first kappa shape index (κ1) is 31.9. The lowest BCUT2D eigenvalue weighted by atomic mass is 10.0. The van der Waals surface area contributed by atoms with Crippen LogP contribution < -0.4 is 15.1 Å². The molecule has 11 aromatic rings. The fraction of sp³-hybridized carbons (Fsp3) is 0.0200. The molecule has 0 bridgehead atoms. The number of rotatable bonds is 5. The Labute approximate surface area is 330 Å². The first-order valence-electron chi connectivity index (χ1n) is 19.1. The van der Waals surface area contributed by atoms with Crippen LogP contribution in [-0.4, -0.2) is 26.1 Å². The van der Waals surface area contributed by atoms with Gasteiger partial charge in [0, 0.05) is 66.8 Å². The lowest BCUT2D eigenvalue weighted by Gasteiger charge is -2.13. The maximum Gasteiger partial charge on any atom is 0.165 e. The van der Waals surface area contributed by atoms with Crippen LogP contribution in [0, 0.1) is 0 Å². The Morgan fingerprint density at radius 1 is 0.509 bits per heavy atom. The van der Waals surface area contributed by atoms with E-state index in [4.69, 9.17) is 19.4 Å². The molecule has 1 N–H and O–H groups in total. The van der Waals surface area contributed by atoms with E-state index in [1.807, 2.05) is 48.5 Å². The minimum absolute atomic E-state index is 0.607. The number of hydrogen-bond donors (Lipinski definition) is 1. The summed E-state index contributed by atoms with van der Waals surface area (Å²) in [5.41, 5.74) is 10.2. The van der Waals surface area contributed by atoms with Crippen molar-refractivity contribution in [3.63, 3.8) is 0 Å². The minimum atomic E-state index is 0.607. The highest BCUT2D eigenvalue weighted by molar-refractivity contribution is 7.17. The van der Waals surface area contributed by atoms with E-state index in [0.29, 0.717) is 17.5 Å². The summed E-state index contributed by atoms with van der Waals surface area (Å²) in [5.74, 6) is 1.85. The first-order valence-corrected chi connectivity index (χ1v) is 19.9. The van der Waals surface area contributed by atoms with Crippen molar-refractivity contribution >= 4 is 77.4 Å². The second kappa shape index (κ2) is 12.6. The number of furan rings is 1. The third-order valence-electron chi connectivity index (χ3n) is 11.1. The van der Waals surface area contributed by atoms with Gasteiger partial charge in [-0.15, -0.1) is 11.3 Å². The number of nitrogens with one attached hydrogen (secondary N) is 1. The number of para-hydroxylation sites is 2. The molecule has 7 heteroatoms. The van der Waals surface area contributed by atoms with Crippen molar-refractivity contribution in [3.05, 3.63) is 167 Å². The molecule has 12 rings (SSSR count). The molecule has 0 aliphatic carbocycles.